The van der Waals surface area contributed by atoms with Gasteiger partial charge in [0.2, 0.25) is 5.43 Å². The maximum Gasteiger partial charge on any atom is 0.219 e. The van der Waals surface area contributed by atoms with Gasteiger partial charge in [0.15, 0.2) is 11.5 Å². The number of H-pyrrole nitrogens is 1. The molecule has 1 heterocycles. The number of hydrogen-bond donors (Lipinski definition) is 1. The zero-order valence-electron chi connectivity index (χ0n) is 8.90. The van der Waals surface area contributed by atoms with Crippen molar-refractivity contribution in [1.29, 1.82) is 0 Å². The molecular formula is C11H10N2O3. The Balaban J connectivity index is 2.81. The van der Waals surface area contributed by atoms with E-state index in [1.807, 2.05) is 0 Å². The molecule has 0 bridgehead atoms. The topological polar surface area (TPSA) is 72.0 Å². The number of fused-ring (bicyclic) bond motifs is 1. The van der Waals surface area contributed by atoms with Gasteiger partial charge < -0.3 is 4.74 Å². The van der Waals surface area contributed by atoms with Crippen molar-refractivity contribution in [3.8, 4) is 5.75 Å². The number of carbonyl (C=O) groups excluding carboxylic acids is 1. The van der Waals surface area contributed by atoms with Gasteiger partial charge in [-0.25, -0.2) is 0 Å². The van der Waals surface area contributed by atoms with Crippen LogP contribution in [0, 0.1) is 0 Å². The normalized spacial score (nSPS) is 10.4. The summed E-state index contributed by atoms with van der Waals surface area (Å²) in [4.78, 5) is 23.0. The van der Waals surface area contributed by atoms with Crippen LogP contribution in [-0.4, -0.2) is 23.1 Å². The number of carbonyl (C=O) groups is 1. The lowest BCUT2D eigenvalue weighted by atomic mass is 10.1. The summed E-state index contributed by atoms with van der Waals surface area (Å²) in [5.74, 6) is 0.213. The van der Waals surface area contributed by atoms with Gasteiger partial charge in [0.1, 0.15) is 5.75 Å². The first-order valence-corrected chi connectivity index (χ1v) is 4.71. The molecule has 5 heteroatoms. The molecule has 0 saturated heterocycles. The lowest BCUT2D eigenvalue weighted by molar-refractivity contribution is 0.101. The van der Waals surface area contributed by atoms with Crippen LogP contribution in [0.5, 0.6) is 5.75 Å². The number of Topliss-reactive ketones (excluding diaryl/α,β-unsaturated/α-hetero) is 1. The molecule has 1 aromatic heterocycles. The quantitative estimate of drug-likeness (QED) is 0.767. The number of aromatic amines is 1. The van der Waals surface area contributed by atoms with Crippen LogP contribution < -0.4 is 10.2 Å². The van der Waals surface area contributed by atoms with Crippen LogP contribution in [0.4, 0.5) is 0 Å². The molecule has 2 rings (SSSR count). The molecular weight excluding hydrogens is 208 g/mol. The maximum atomic E-state index is 11.9. The summed E-state index contributed by atoms with van der Waals surface area (Å²) in [6.45, 7) is 1.31. The smallest absolute Gasteiger partial charge is 0.219 e. The number of aromatic nitrogens is 2. The number of nitrogens with one attached hydrogen (secondary N) is 1. The van der Waals surface area contributed by atoms with Gasteiger partial charge in [-0.3, -0.25) is 14.7 Å². The standard InChI is InChI=1S/C11H10N2O3/c1-6(14)10-11(15)8-5-7(16-2)3-4-9(8)12-13-10/h3-5H,1-2H3,(H,12,15). The number of ketones is 1. The van der Waals surface area contributed by atoms with E-state index in [1.54, 1.807) is 18.2 Å². The molecule has 0 radical (unpaired) electrons. The Morgan fingerprint density at radius 2 is 2.19 bits per heavy atom. The fraction of sp³-hybridized carbons (Fsp3) is 0.182. The fourth-order valence-corrected chi connectivity index (χ4v) is 1.47. The van der Waals surface area contributed by atoms with Gasteiger partial charge in [0.05, 0.1) is 18.0 Å². The van der Waals surface area contributed by atoms with Crippen LogP contribution in [0.15, 0.2) is 23.0 Å². The predicted octanol–water partition coefficient (Wildman–Crippen LogP) is 1.13. The predicted molar refractivity (Wildman–Crippen MR) is 58.9 cm³/mol. The fourth-order valence-electron chi connectivity index (χ4n) is 1.47. The molecule has 0 fully saturated rings. The first kappa shape index (κ1) is 10.4. The Morgan fingerprint density at radius 3 is 2.81 bits per heavy atom. The summed E-state index contributed by atoms with van der Waals surface area (Å²) in [5, 5.41) is 6.80. The van der Waals surface area contributed by atoms with E-state index in [-0.39, 0.29) is 16.9 Å². The van der Waals surface area contributed by atoms with E-state index < -0.39 is 0 Å². The van der Waals surface area contributed by atoms with E-state index in [4.69, 9.17) is 4.74 Å². The second kappa shape index (κ2) is 3.77. The summed E-state index contributed by atoms with van der Waals surface area (Å²) in [7, 11) is 1.52. The number of ether oxygens (including phenoxy) is 1. The third kappa shape index (κ3) is 1.56. The molecule has 0 aliphatic heterocycles. The minimum absolute atomic E-state index is 0.0826. The molecule has 1 aromatic carbocycles. The van der Waals surface area contributed by atoms with E-state index in [2.05, 4.69) is 10.2 Å². The average Bonchev–Trinajstić information content (AvgIpc) is 2.28. The highest BCUT2D eigenvalue weighted by molar-refractivity contribution is 5.95. The lowest BCUT2D eigenvalue weighted by Gasteiger charge is -2.02. The van der Waals surface area contributed by atoms with Gasteiger partial charge in [-0.15, -0.1) is 0 Å². The average molecular weight is 218 g/mol. The van der Waals surface area contributed by atoms with Crippen LogP contribution >= 0.6 is 0 Å². The zero-order valence-corrected chi connectivity index (χ0v) is 8.90. The number of nitrogens with zero attached hydrogens (tertiary/aromatic N) is 1. The Kier molecular flexibility index (Phi) is 2.44. The Labute approximate surface area is 91.1 Å². The number of methoxy groups -OCH3 is 1. The van der Waals surface area contributed by atoms with Gasteiger partial charge in [-0.1, -0.05) is 0 Å². The van der Waals surface area contributed by atoms with Gasteiger partial charge in [-0.05, 0) is 18.2 Å². The molecule has 82 valence electrons. The Bertz CT molecular complexity index is 616. The monoisotopic (exact) mass is 218 g/mol. The molecule has 1 N–H and O–H groups in total. The van der Waals surface area contributed by atoms with Crippen LogP contribution in [0.1, 0.15) is 17.4 Å². The summed E-state index contributed by atoms with van der Waals surface area (Å²) < 4.78 is 5.02. The van der Waals surface area contributed by atoms with Crippen LogP contribution in [0.25, 0.3) is 10.9 Å². The van der Waals surface area contributed by atoms with Crippen molar-refractivity contribution in [1.82, 2.24) is 10.2 Å². The van der Waals surface area contributed by atoms with Crippen molar-refractivity contribution < 1.29 is 9.53 Å². The third-order valence-electron chi connectivity index (χ3n) is 2.31. The molecule has 0 aliphatic rings. The highest BCUT2D eigenvalue weighted by atomic mass is 16.5. The van der Waals surface area contributed by atoms with Crippen molar-refractivity contribution in [3.05, 3.63) is 34.1 Å². The Hall–Kier alpha value is -2.17. The van der Waals surface area contributed by atoms with E-state index in [1.165, 1.54) is 14.0 Å². The molecule has 0 amide bonds. The number of rotatable bonds is 2. The summed E-state index contributed by atoms with van der Waals surface area (Å²) in [5.41, 5.74) is 0.122. The maximum absolute atomic E-state index is 11.9. The van der Waals surface area contributed by atoms with Gasteiger partial charge in [0, 0.05) is 6.92 Å². The molecule has 0 unspecified atom stereocenters. The largest absolute Gasteiger partial charge is 0.497 e. The van der Waals surface area contributed by atoms with E-state index in [9.17, 15) is 9.59 Å². The van der Waals surface area contributed by atoms with Crippen molar-refractivity contribution in [3.63, 3.8) is 0 Å². The van der Waals surface area contributed by atoms with Crippen LogP contribution in [0.2, 0.25) is 0 Å². The first-order chi connectivity index (χ1) is 7.63. The molecule has 5 nitrogen and oxygen atoms in total. The lowest BCUT2D eigenvalue weighted by Crippen LogP contribution is -2.16. The van der Waals surface area contributed by atoms with Crippen molar-refractivity contribution in [2.45, 2.75) is 6.92 Å². The zero-order chi connectivity index (χ0) is 11.7. The molecule has 0 spiro atoms. The minimum Gasteiger partial charge on any atom is -0.497 e. The summed E-state index contributed by atoms with van der Waals surface area (Å²) in [6, 6.07) is 4.99. The molecule has 0 atom stereocenters. The van der Waals surface area contributed by atoms with Crippen LogP contribution in [0.3, 0.4) is 0 Å². The second-order valence-corrected chi connectivity index (χ2v) is 3.37. The van der Waals surface area contributed by atoms with E-state index in [0.29, 0.717) is 16.7 Å². The number of benzene rings is 1. The third-order valence-corrected chi connectivity index (χ3v) is 2.31. The van der Waals surface area contributed by atoms with Crippen molar-refractivity contribution in [2.24, 2.45) is 0 Å². The molecule has 0 aliphatic carbocycles. The highest BCUT2D eigenvalue weighted by Gasteiger charge is 2.11. The van der Waals surface area contributed by atoms with Crippen molar-refractivity contribution >= 4 is 16.7 Å². The molecule has 2 aromatic rings. The summed E-state index contributed by atoms with van der Waals surface area (Å²) >= 11 is 0. The SMILES string of the molecule is COc1ccc2[nH]nc(C(C)=O)c(=O)c2c1. The molecule has 0 saturated carbocycles. The van der Waals surface area contributed by atoms with E-state index >= 15 is 0 Å². The second-order valence-electron chi connectivity index (χ2n) is 3.37. The number of hydrogen-bond acceptors (Lipinski definition) is 4. The van der Waals surface area contributed by atoms with Gasteiger partial charge in [0.25, 0.3) is 0 Å². The minimum atomic E-state index is -0.375. The highest BCUT2D eigenvalue weighted by Crippen LogP contribution is 2.15. The van der Waals surface area contributed by atoms with Crippen LogP contribution in [-0.2, 0) is 0 Å². The van der Waals surface area contributed by atoms with Gasteiger partial charge in [-0.2, -0.15) is 5.10 Å². The van der Waals surface area contributed by atoms with Gasteiger partial charge >= 0.3 is 0 Å². The Morgan fingerprint density at radius 1 is 1.44 bits per heavy atom. The molecule has 16 heavy (non-hydrogen) atoms. The van der Waals surface area contributed by atoms with Crippen molar-refractivity contribution in [2.75, 3.05) is 7.11 Å². The first-order valence-electron chi connectivity index (χ1n) is 4.71. The summed E-state index contributed by atoms with van der Waals surface area (Å²) in [6.07, 6.45) is 0. The van der Waals surface area contributed by atoms with E-state index in [0.717, 1.165) is 0 Å².